The van der Waals surface area contributed by atoms with Gasteiger partial charge in [0.2, 0.25) is 0 Å². The molecule has 2 aromatic rings. The van der Waals surface area contributed by atoms with Crippen molar-refractivity contribution in [1.82, 2.24) is 4.90 Å². The second-order valence-corrected chi connectivity index (χ2v) is 7.00. The van der Waals surface area contributed by atoms with Gasteiger partial charge in [-0.05, 0) is 42.7 Å². The van der Waals surface area contributed by atoms with Crippen molar-refractivity contribution in [1.29, 1.82) is 0 Å². The molecule has 0 aliphatic rings. The lowest BCUT2D eigenvalue weighted by Crippen LogP contribution is -2.33. The van der Waals surface area contributed by atoms with E-state index >= 15 is 0 Å². The van der Waals surface area contributed by atoms with E-state index in [4.69, 9.17) is 4.74 Å². The Morgan fingerprint density at radius 1 is 0.929 bits per heavy atom. The van der Waals surface area contributed by atoms with Crippen molar-refractivity contribution in [3.63, 3.8) is 0 Å². The average molecular weight is 385 g/mol. The minimum Gasteiger partial charge on any atom is -0.376 e. The summed E-state index contributed by atoms with van der Waals surface area (Å²) in [5, 5.41) is 0. The third-order valence-corrected chi connectivity index (χ3v) is 5.05. The Bertz CT molecular complexity index is 768. The van der Waals surface area contributed by atoms with Crippen molar-refractivity contribution >= 4 is 0 Å². The van der Waals surface area contributed by atoms with Crippen LogP contribution in [0.1, 0.15) is 34.3 Å². The molecule has 0 bridgehead atoms. The van der Waals surface area contributed by atoms with E-state index in [9.17, 15) is 8.78 Å². The van der Waals surface area contributed by atoms with Gasteiger partial charge in [-0.1, -0.05) is 36.4 Å². The normalized spacial score (nSPS) is 13.4. The smallest absolute Gasteiger partial charge is 0.131 e. The Morgan fingerprint density at radius 3 is 1.89 bits per heavy atom. The van der Waals surface area contributed by atoms with E-state index in [2.05, 4.69) is 18.1 Å². The minimum atomic E-state index is -0.766. The van der Waals surface area contributed by atoms with E-state index in [0.29, 0.717) is 19.6 Å². The summed E-state index contributed by atoms with van der Waals surface area (Å²) < 4.78 is 35.0. The van der Waals surface area contributed by atoms with E-state index in [-0.39, 0.29) is 11.5 Å². The Labute approximate surface area is 167 Å². The number of hydrogen-bond donors (Lipinski definition) is 0. The largest absolute Gasteiger partial charge is 0.376 e. The lowest BCUT2D eigenvalue weighted by molar-refractivity contribution is 0.0604. The zero-order chi connectivity index (χ0) is 20.7. The van der Waals surface area contributed by atoms with Gasteiger partial charge in [0.1, 0.15) is 11.6 Å². The molecule has 0 heterocycles. The van der Waals surface area contributed by atoms with Gasteiger partial charge >= 0.3 is 0 Å². The van der Waals surface area contributed by atoms with Gasteiger partial charge in [0.15, 0.2) is 0 Å². The van der Waals surface area contributed by atoms with Gasteiger partial charge < -0.3 is 4.74 Å². The maximum absolute atomic E-state index is 14.6. The molecule has 0 fully saturated rings. The summed E-state index contributed by atoms with van der Waals surface area (Å²) in [6, 6.07) is 9.95. The number of aryl methyl sites for hydroxylation is 2. The van der Waals surface area contributed by atoms with E-state index in [1.807, 2.05) is 44.2 Å². The molecule has 0 amide bonds. The molecule has 150 valence electrons. The highest BCUT2D eigenvalue weighted by molar-refractivity contribution is 5.39. The topological polar surface area (TPSA) is 12.5 Å². The summed E-state index contributed by atoms with van der Waals surface area (Å²) in [6.07, 6.45) is 2.87. The maximum Gasteiger partial charge on any atom is 0.131 e. The molecule has 0 N–H and O–H groups in total. The number of hydrogen-bond acceptors (Lipinski definition) is 2. The summed E-state index contributed by atoms with van der Waals surface area (Å²) >= 11 is 0. The van der Waals surface area contributed by atoms with Crippen LogP contribution >= 0.6 is 0 Å². The number of methoxy groups -OCH3 is 1. The number of ether oxygens (including phenoxy) is 1. The molecule has 2 unspecified atom stereocenters. The Balaban J connectivity index is 2.61. The van der Waals surface area contributed by atoms with Crippen LogP contribution in [0.3, 0.4) is 0 Å². The molecule has 0 aromatic heterocycles. The van der Waals surface area contributed by atoms with Crippen LogP contribution in [-0.2, 0) is 4.74 Å². The monoisotopic (exact) mass is 385 g/mol. The predicted octanol–water partition coefficient (Wildman–Crippen LogP) is 5.73. The Morgan fingerprint density at radius 2 is 1.43 bits per heavy atom. The zero-order valence-corrected chi connectivity index (χ0v) is 16.9. The van der Waals surface area contributed by atoms with Crippen LogP contribution in [0.25, 0.3) is 0 Å². The molecule has 2 aromatic carbocycles. The number of halogens is 2. The zero-order valence-electron chi connectivity index (χ0n) is 16.9. The molecule has 0 radical (unpaired) electrons. The van der Waals surface area contributed by atoms with Crippen LogP contribution in [0, 0.1) is 25.5 Å². The van der Waals surface area contributed by atoms with Gasteiger partial charge in [-0.25, -0.2) is 8.78 Å². The fourth-order valence-corrected chi connectivity index (χ4v) is 3.88. The summed E-state index contributed by atoms with van der Waals surface area (Å²) in [5.41, 5.74) is 3.16. The summed E-state index contributed by atoms with van der Waals surface area (Å²) in [4.78, 5) is 2.14. The molecule has 2 nitrogen and oxygen atoms in total. The number of nitrogens with zero attached hydrogens (tertiary/aromatic N) is 1. The molecule has 0 saturated heterocycles. The molecule has 28 heavy (non-hydrogen) atoms. The third kappa shape index (κ3) is 4.94. The molecule has 0 spiro atoms. The minimum absolute atomic E-state index is 0.0326. The fourth-order valence-electron chi connectivity index (χ4n) is 3.88. The third-order valence-electron chi connectivity index (χ3n) is 5.05. The van der Waals surface area contributed by atoms with Gasteiger partial charge in [-0.3, -0.25) is 4.90 Å². The standard InChI is InChI=1S/C24H29F2NO/c1-6-14-27(15-7-2)16-19(22-17(3)10-8-11-18(22)4)24(28-5)23-20(25)12-9-13-21(23)26/h6-13,19,24H,1-2,14-16H2,3-5H3. The van der Waals surface area contributed by atoms with Crippen molar-refractivity contribution in [2.45, 2.75) is 25.9 Å². The van der Waals surface area contributed by atoms with Crippen LogP contribution in [0.5, 0.6) is 0 Å². The van der Waals surface area contributed by atoms with Gasteiger partial charge in [-0.2, -0.15) is 0 Å². The highest BCUT2D eigenvalue weighted by Gasteiger charge is 2.32. The van der Waals surface area contributed by atoms with Gasteiger partial charge in [0, 0.05) is 32.7 Å². The van der Waals surface area contributed by atoms with Crippen LogP contribution < -0.4 is 0 Å². The summed E-state index contributed by atoms with van der Waals surface area (Å²) in [7, 11) is 1.50. The predicted molar refractivity (Wildman–Crippen MR) is 112 cm³/mol. The van der Waals surface area contributed by atoms with Crippen LogP contribution in [-0.4, -0.2) is 31.6 Å². The molecule has 0 aliphatic carbocycles. The summed E-state index contributed by atoms with van der Waals surface area (Å²) in [6.45, 7) is 13.5. The van der Waals surface area contributed by atoms with Crippen LogP contribution in [0.15, 0.2) is 61.7 Å². The molecular weight excluding hydrogens is 356 g/mol. The van der Waals surface area contributed by atoms with Crippen molar-refractivity contribution in [3.05, 3.63) is 95.6 Å². The van der Waals surface area contributed by atoms with Crippen LogP contribution in [0.4, 0.5) is 8.78 Å². The van der Waals surface area contributed by atoms with Crippen molar-refractivity contribution in [2.24, 2.45) is 0 Å². The van der Waals surface area contributed by atoms with E-state index in [1.165, 1.54) is 25.3 Å². The molecule has 0 aliphatic heterocycles. The molecule has 0 saturated carbocycles. The molecular formula is C24H29F2NO. The first kappa shape index (κ1) is 22.0. The van der Waals surface area contributed by atoms with E-state index in [1.54, 1.807) is 0 Å². The van der Waals surface area contributed by atoms with Gasteiger partial charge in [0.05, 0.1) is 11.7 Å². The van der Waals surface area contributed by atoms with Crippen molar-refractivity contribution < 1.29 is 13.5 Å². The van der Waals surface area contributed by atoms with Crippen LogP contribution in [0.2, 0.25) is 0 Å². The van der Waals surface area contributed by atoms with E-state index in [0.717, 1.165) is 16.7 Å². The fraction of sp³-hybridized carbons (Fsp3) is 0.333. The first-order valence-corrected chi connectivity index (χ1v) is 9.41. The first-order chi connectivity index (χ1) is 13.4. The Hall–Kier alpha value is -2.30. The first-order valence-electron chi connectivity index (χ1n) is 9.41. The molecule has 2 rings (SSSR count). The second kappa shape index (κ2) is 10.3. The number of rotatable bonds is 10. The van der Waals surface area contributed by atoms with Crippen molar-refractivity contribution in [2.75, 3.05) is 26.7 Å². The maximum atomic E-state index is 14.6. The second-order valence-electron chi connectivity index (χ2n) is 7.00. The highest BCUT2D eigenvalue weighted by Crippen LogP contribution is 2.39. The average Bonchev–Trinajstić information content (AvgIpc) is 2.64. The van der Waals surface area contributed by atoms with Crippen molar-refractivity contribution in [3.8, 4) is 0 Å². The van der Waals surface area contributed by atoms with Gasteiger partial charge in [-0.15, -0.1) is 13.2 Å². The highest BCUT2D eigenvalue weighted by atomic mass is 19.1. The van der Waals surface area contributed by atoms with E-state index < -0.39 is 17.7 Å². The number of benzene rings is 2. The lowest BCUT2D eigenvalue weighted by atomic mass is 9.83. The summed E-state index contributed by atoms with van der Waals surface area (Å²) in [5.74, 6) is -1.46. The van der Waals surface area contributed by atoms with Gasteiger partial charge in [0.25, 0.3) is 0 Å². The molecule has 2 atom stereocenters. The SMILES string of the molecule is C=CCN(CC=C)CC(c1c(C)cccc1C)C(OC)c1c(F)cccc1F. The lowest BCUT2D eigenvalue weighted by Gasteiger charge is -2.33. The Kier molecular flexibility index (Phi) is 8.09. The molecule has 4 heteroatoms. The quantitative estimate of drug-likeness (QED) is 0.485.